The molecule has 0 N–H and O–H groups in total. The quantitative estimate of drug-likeness (QED) is 0.0262. The summed E-state index contributed by atoms with van der Waals surface area (Å²) in [4.78, 5) is 38.1. The molecule has 6 nitrogen and oxygen atoms in total. The molecule has 1 atom stereocenters. The number of ether oxygens (including phenoxy) is 3. The van der Waals surface area contributed by atoms with E-state index < -0.39 is 6.10 Å². The molecule has 0 rings (SSSR count). The van der Waals surface area contributed by atoms with Crippen LogP contribution in [-0.4, -0.2) is 37.2 Å². The predicted molar refractivity (Wildman–Crippen MR) is 279 cm³/mol. The van der Waals surface area contributed by atoms with Gasteiger partial charge in [-0.15, -0.1) is 0 Å². The molecule has 0 amide bonds. The number of hydrogen-bond acceptors (Lipinski definition) is 6. The zero-order valence-electron chi connectivity index (χ0n) is 43.3. The van der Waals surface area contributed by atoms with Crippen LogP contribution < -0.4 is 0 Å². The molecule has 6 heteroatoms. The highest BCUT2D eigenvalue weighted by Gasteiger charge is 2.19. The first kappa shape index (κ1) is 62.4. The van der Waals surface area contributed by atoms with Gasteiger partial charge in [0.05, 0.1) is 0 Å². The van der Waals surface area contributed by atoms with Gasteiger partial charge in [0.15, 0.2) is 6.10 Å². The first-order chi connectivity index (χ1) is 32.0. The standard InChI is InChI=1S/C59H106O6/c1-4-7-10-13-16-19-22-25-28-29-32-34-37-40-43-46-49-52-58(61)64-55-56(65-59(62)53-50-47-44-41-38-35-31-27-24-21-18-15-12-9-6-3)54-63-57(60)51-48-45-42-39-36-33-30-26-23-20-17-14-11-8-5-2/h16,19,25,28,32,34,40,43,56H,4-15,17-18,20-24,26-27,29-31,33,35-39,41-42,44-55H2,1-3H3/t56-/m1/s1. The summed E-state index contributed by atoms with van der Waals surface area (Å²) in [6.45, 7) is 6.60. The Morgan fingerprint density at radius 3 is 0.923 bits per heavy atom. The largest absolute Gasteiger partial charge is 0.462 e. The van der Waals surface area contributed by atoms with Crippen molar-refractivity contribution in [2.45, 2.75) is 297 Å². The molecule has 0 aliphatic carbocycles. The van der Waals surface area contributed by atoms with Crippen molar-refractivity contribution in [2.24, 2.45) is 0 Å². The SMILES string of the molecule is CCCCCC=CCC=CCC=CCC=CCCCC(=O)OC[C@@H](COC(=O)CCCCCCCCCCCCCCCCC)OC(=O)CCCCCCCCCCCCCCCCC. The first-order valence-electron chi connectivity index (χ1n) is 28.1. The maximum absolute atomic E-state index is 12.8. The minimum Gasteiger partial charge on any atom is -0.462 e. The molecule has 0 aromatic carbocycles. The predicted octanol–water partition coefficient (Wildman–Crippen LogP) is 18.7. The number of hydrogen-bond donors (Lipinski definition) is 0. The van der Waals surface area contributed by atoms with Crippen LogP contribution in [0.15, 0.2) is 48.6 Å². The lowest BCUT2D eigenvalue weighted by Crippen LogP contribution is -2.30. The lowest BCUT2D eigenvalue weighted by atomic mass is 10.0. The summed E-state index contributed by atoms with van der Waals surface area (Å²) in [6, 6.07) is 0. The van der Waals surface area contributed by atoms with Crippen molar-refractivity contribution in [3.8, 4) is 0 Å². The Morgan fingerprint density at radius 1 is 0.308 bits per heavy atom. The van der Waals surface area contributed by atoms with Gasteiger partial charge in [0.25, 0.3) is 0 Å². The van der Waals surface area contributed by atoms with Gasteiger partial charge in [0, 0.05) is 19.3 Å². The van der Waals surface area contributed by atoms with E-state index in [4.69, 9.17) is 14.2 Å². The molecule has 0 aliphatic rings. The Morgan fingerprint density at radius 2 is 0.569 bits per heavy atom. The molecule has 378 valence electrons. The van der Waals surface area contributed by atoms with Gasteiger partial charge in [-0.1, -0.05) is 262 Å². The third-order valence-corrected chi connectivity index (χ3v) is 12.3. The van der Waals surface area contributed by atoms with E-state index in [1.165, 1.54) is 180 Å². The number of esters is 3. The highest BCUT2D eigenvalue weighted by atomic mass is 16.6. The summed E-state index contributed by atoms with van der Waals surface area (Å²) >= 11 is 0. The van der Waals surface area contributed by atoms with Crippen molar-refractivity contribution in [3.63, 3.8) is 0 Å². The second-order valence-electron chi connectivity index (χ2n) is 18.9. The molecule has 0 heterocycles. The molecule has 0 spiro atoms. The first-order valence-corrected chi connectivity index (χ1v) is 28.1. The summed E-state index contributed by atoms with van der Waals surface area (Å²) in [5.74, 6) is -0.929. The fourth-order valence-electron chi connectivity index (χ4n) is 8.08. The van der Waals surface area contributed by atoms with Crippen LogP contribution in [-0.2, 0) is 28.6 Å². The van der Waals surface area contributed by atoms with Crippen molar-refractivity contribution in [1.29, 1.82) is 0 Å². The molecule has 65 heavy (non-hydrogen) atoms. The number of unbranched alkanes of at least 4 members (excludes halogenated alkanes) is 32. The molecular formula is C59H106O6. The number of allylic oxidation sites excluding steroid dienone is 8. The van der Waals surface area contributed by atoms with Crippen molar-refractivity contribution >= 4 is 17.9 Å². The van der Waals surface area contributed by atoms with E-state index in [9.17, 15) is 14.4 Å². The van der Waals surface area contributed by atoms with Gasteiger partial charge in [0.1, 0.15) is 13.2 Å². The minimum atomic E-state index is -0.790. The van der Waals surface area contributed by atoms with Gasteiger partial charge in [-0.25, -0.2) is 0 Å². The summed E-state index contributed by atoms with van der Waals surface area (Å²) in [5.41, 5.74) is 0. The Labute approximate surface area is 403 Å². The summed E-state index contributed by atoms with van der Waals surface area (Å²) in [7, 11) is 0. The van der Waals surface area contributed by atoms with Crippen molar-refractivity contribution < 1.29 is 28.6 Å². The lowest BCUT2D eigenvalue weighted by molar-refractivity contribution is -0.167. The zero-order valence-corrected chi connectivity index (χ0v) is 43.3. The second-order valence-corrected chi connectivity index (χ2v) is 18.9. The molecule has 0 aliphatic heterocycles. The molecular weight excluding hydrogens is 805 g/mol. The van der Waals surface area contributed by atoms with Crippen LogP contribution in [0.25, 0.3) is 0 Å². The third kappa shape index (κ3) is 52.2. The number of carbonyl (C=O) groups is 3. The second kappa shape index (κ2) is 54.0. The Kier molecular flexibility index (Phi) is 51.8. The van der Waals surface area contributed by atoms with Crippen molar-refractivity contribution in [1.82, 2.24) is 0 Å². The van der Waals surface area contributed by atoms with Crippen LogP contribution in [0.2, 0.25) is 0 Å². The van der Waals surface area contributed by atoms with Crippen LogP contribution in [0.1, 0.15) is 290 Å². The monoisotopic (exact) mass is 911 g/mol. The summed E-state index contributed by atoms with van der Waals surface area (Å²) in [6.07, 6.45) is 65.3. The van der Waals surface area contributed by atoms with E-state index in [1.54, 1.807) is 0 Å². The van der Waals surface area contributed by atoms with E-state index in [0.717, 1.165) is 64.2 Å². The average molecular weight is 911 g/mol. The van der Waals surface area contributed by atoms with Gasteiger partial charge >= 0.3 is 17.9 Å². The summed E-state index contributed by atoms with van der Waals surface area (Å²) < 4.78 is 16.8. The van der Waals surface area contributed by atoms with Gasteiger partial charge in [-0.05, 0) is 57.8 Å². The number of rotatable bonds is 51. The minimum absolute atomic E-state index is 0.0856. The molecule has 0 fully saturated rings. The molecule has 0 saturated carbocycles. The van der Waals surface area contributed by atoms with Gasteiger partial charge < -0.3 is 14.2 Å². The topological polar surface area (TPSA) is 78.9 Å². The van der Waals surface area contributed by atoms with E-state index in [0.29, 0.717) is 19.3 Å². The average Bonchev–Trinajstić information content (AvgIpc) is 3.30. The smallest absolute Gasteiger partial charge is 0.306 e. The lowest BCUT2D eigenvalue weighted by Gasteiger charge is -2.18. The van der Waals surface area contributed by atoms with Crippen LogP contribution in [0.3, 0.4) is 0 Å². The van der Waals surface area contributed by atoms with Crippen molar-refractivity contribution in [2.75, 3.05) is 13.2 Å². The van der Waals surface area contributed by atoms with E-state index in [1.807, 2.05) is 0 Å². The summed E-state index contributed by atoms with van der Waals surface area (Å²) in [5, 5.41) is 0. The highest BCUT2D eigenvalue weighted by Crippen LogP contribution is 2.16. The zero-order chi connectivity index (χ0) is 47.2. The van der Waals surface area contributed by atoms with Gasteiger partial charge in [-0.3, -0.25) is 14.4 Å². The van der Waals surface area contributed by atoms with Gasteiger partial charge in [0.2, 0.25) is 0 Å². The van der Waals surface area contributed by atoms with Crippen LogP contribution in [0, 0.1) is 0 Å². The molecule has 0 aromatic rings. The Hall–Kier alpha value is -2.63. The van der Waals surface area contributed by atoms with E-state index >= 15 is 0 Å². The van der Waals surface area contributed by atoms with Crippen LogP contribution in [0.5, 0.6) is 0 Å². The Bertz CT molecular complexity index is 1140. The maximum atomic E-state index is 12.8. The molecule has 0 radical (unpaired) electrons. The molecule has 0 aromatic heterocycles. The highest BCUT2D eigenvalue weighted by molar-refractivity contribution is 5.71. The maximum Gasteiger partial charge on any atom is 0.306 e. The molecule has 0 saturated heterocycles. The fourth-order valence-corrected chi connectivity index (χ4v) is 8.08. The third-order valence-electron chi connectivity index (χ3n) is 12.3. The normalized spacial score (nSPS) is 12.4. The van der Waals surface area contributed by atoms with Crippen molar-refractivity contribution in [3.05, 3.63) is 48.6 Å². The fraction of sp³-hybridized carbons (Fsp3) is 0.814. The van der Waals surface area contributed by atoms with Gasteiger partial charge in [-0.2, -0.15) is 0 Å². The van der Waals surface area contributed by atoms with Crippen LogP contribution >= 0.6 is 0 Å². The van der Waals surface area contributed by atoms with E-state index in [-0.39, 0.29) is 37.5 Å². The molecule has 0 unspecified atom stereocenters. The number of carbonyl (C=O) groups excluding carboxylic acids is 3. The van der Waals surface area contributed by atoms with Crippen LogP contribution in [0.4, 0.5) is 0 Å². The Balaban J connectivity index is 4.43. The van der Waals surface area contributed by atoms with E-state index in [2.05, 4.69) is 69.4 Å². The molecule has 0 bridgehead atoms.